The molecule has 5 nitrogen and oxygen atoms in total. The molecular formula is C14H17N5. The van der Waals surface area contributed by atoms with Crippen molar-refractivity contribution in [3.8, 4) is 0 Å². The molecule has 2 aromatic rings. The van der Waals surface area contributed by atoms with Crippen molar-refractivity contribution in [1.82, 2.24) is 14.9 Å². The van der Waals surface area contributed by atoms with Crippen molar-refractivity contribution in [1.29, 1.82) is 5.41 Å². The van der Waals surface area contributed by atoms with Crippen LogP contribution in [-0.2, 0) is 13.1 Å². The third-order valence-corrected chi connectivity index (χ3v) is 2.74. The van der Waals surface area contributed by atoms with Gasteiger partial charge in [0.1, 0.15) is 11.5 Å². The van der Waals surface area contributed by atoms with Crippen molar-refractivity contribution >= 4 is 5.84 Å². The number of nitrogens with zero attached hydrogens (tertiary/aromatic N) is 3. The molecule has 2 aromatic heterocycles. The molecule has 0 aromatic carbocycles. The predicted molar refractivity (Wildman–Crippen MR) is 74.7 cm³/mol. The van der Waals surface area contributed by atoms with Crippen LogP contribution >= 0.6 is 0 Å². The molecule has 98 valence electrons. The first-order valence-electron chi connectivity index (χ1n) is 6.03. The fourth-order valence-electron chi connectivity index (χ4n) is 1.92. The second kappa shape index (κ2) is 6.06. The van der Waals surface area contributed by atoms with Crippen LogP contribution in [0.5, 0.6) is 0 Å². The maximum Gasteiger partial charge on any atom is 0.142 e. The standard InChI is InChI=1S/C14H17N5/c1-19(10-12-6-2-3-7-17-12)9-11-5-4-8-18-13(11)14(15)16/h2-8H,9-10H2,1H3,(H3,15,16). The largest absolute Gasteiger partial charge is 0.382 e. The Morgan fingerprint density at radius 1 is 1.16 bits per heavy atom. The molecule has 0 atom stereocenters. The Morgan fingerprint density at radius 3 is 2.63 bits per heavy atom. The number of pyridine rings is 2. The van der Waals surface area contributed by atoms with Gasteiger partial charge in [-0.05, 0) is 30.8 Å². The van der Waals surface area contributed by atoms with Crippen LogP contribution in [0.4, 0.5) is 0 Å². The van der Waals surface area contributed by atoms with Gasteiger partial charge in [-0.3, -0.25) is 20.3 Å². The average molecular weight is 255 g/mol. The van der Waals surface area contributed by atoms with Gasteiger partial charge in [-0.2, -0.15) is 0 Å². The van der Waals surface area contributed by atoms with Gasteiger partial charge in [0, 0.05) is 25.5 Å². The number of hydrogen-bond acceptors (Lipinski definition) is 4. The number of hydrogen-bond donors (Lipinski definition) is 2. The highest BCUT2D eigenvalue weighted by atomic mass is 15.1. The molecule has 0 saturated heterocycles. The Kier molecular flexibility index (Phi) is 4.20. The van der Waals surface area contributed by atoms with Gasteiger partial charge in [-0.1, -0.05) is 12.1 Å². The molecule has 3 N–H and O–H groups in total. The van der Waals surface area contributed by atoms with Crippen LogP contribution in [0.3, 0.4) is 0 Å². The van der Waals surface area contributed by atoms with Crippen molar-refractivity contribution in [2.45, 2.75) is 13.1 Å². The summed E-state index contributed by atoms with van der Waals surface area (Å²) in [5.74, 6) is 0.00170. The lowest BCUT2D eigenvalue weighted by atomic mass is 10.1. The minimum atomic E-state index is 0.00170. The number of aromatic nitrogens is 2. The van der Waals surface area contributed by atoms with Crippen molar-refractivity contribution in [3.63, 3.8) is 0 Å². The lowest BCUT2D eigenvalue weighted by molar-refractivity contribution is 0.314. The second-order valence-electron chi connectivity index (χ2n) is 4.42. The SMILES string of the molecule is CN(Cc1ccccn1)Cc1cccnc1C(=N)N. The van der Waals surface area contributed by atoms with Crippen molar-refractivity contribution in [2.75, 3.05) is 7.05 Å². The first-order chi connectivity index (χ1) is 9.16. The van der Waals surface area contributed by atoms with E-state index in [2.05, 4.69) is 14.9 Å². The van der Waals surface area contributed by atoms with Crippen LogP contribution in [0, 0.1) is 5.41 Å². The highest BCUT2D eigenvalue weighted by Gasteiger charge is 2.09. The van der Waals surface area contributed by atoms with Gasteiger partial charge in [0.25, 0.3) is 0 Å². The number of nitrogen functional groups attached to an aromatic ring is 1. The number of nitrogens with two attached hydrogens (primary N) is 1. The zero-order valence-electron chi connectivity index (χ0n) is 10.9. The van der Waals surface area contributed by atoms with E-state index in [0.29, 0.717) is 12.2 Å². The molecule has 0 amide bonds. The second-order valence-corrected chi connectivity index (χ2v) is 4.42. The van der Waals surface area contributed by atoms with Gasteiger partial charge in [-0.25, -0.2) is 0 Å². The van der Waals surface area contributed by atoms with Crippen LogP contribution in [-0.4, -0.2) is 27.8 Å². The molecule has 0 bridgehead atoms. The van der Waals surface area contributed by atoms with Crippen LogP contribution in [0.2, 0.25) is 0 Å². The summed E-state index contributed by atoms with van der Waals surface area (Å²) >= 11 is 0. The summed E-state index contributed by atoms with van der Waals surface area (Å²) in [7, 11) is 2.01. The topological polar surface area (TPSA) is 78.9 Å². The molecule has 0 aliphatic heterocycles. The molecule has 2 rings (SSSR count). The summed E-state index contributed by atoms with van der Waals surface area (Å²) in [4.78, 5) is 10.6. The summed E-state index contributed by atoms with van der Waals surface area (Å²) in [5, 5.41) is 7.53. The summed E-state index contributed by atoms with van der Waals surface area (Å²) < 4.78 is 0. The van der Waals surface area contributed by atoms with Crippen LogP contribution < -0.4 is 5.73 Å². The molecule has 0 saturated carbocycles. The predicted octanol–water partition coefficient (Wildman–Crippen LogP) is 1.39. The normalized spacial score (nSPS) is 10.6. The van der Waals surface area contributed by atoms with E-state index >= 15 is 0 Å². The first-order valence-corrected chi connectivity index (χ1v) is 6.03. The lowest BCUT2D eigenvalue weighted by Crippen LogP contribution is -2.22. The van der Waals surface area contributed by atoms with Crippen molar-refractivity contribution in [2.24, 2.45) is 5.73 Å². The molecule has 0 radical (unpaired) electrons. The van der Waals surface area contributed by atoms with Gasteiger partial charge >= 0.3 is 0 Å². The van der Waals surface area contributed by atoms with Crippen molar-refractivity contribution < 1.29 is 0 Å². The summed E-state index contributed by atoms with van der Waals surface area (Å²) in [6, 6.07) is 9.67. The summed E-state index contributed by atoms with van der Waals surface area (Å²) in [5.41, 5.74) is 8.05. The zero-order valence-corrected chi connectivity index (χ0v) is 10.9. The molecule has 19 heavy (non-hydrogen) atoms. The maximum absolute atomic E-state index is 7.53. The Labute approximate surface area is 112 Å². The van der Waals surface area contributed by atoms with Gasteiger partial charge in [0.15, 0.2) is 0 Å². The molecular weight excluding hydrogens is 238 g/mol. The van der Waals surface area contributed by atoms with E-state index < -0.39 is 0 Å². The highest BCUT2D eigenvalue weighted by molar-refractivity contribution is 5.94. The molecule has 0 aliphatic carbocycles. The van der Waals surface area contributed by atoms with E-state index in [-0.39, 0.29) is 5.84 Å². The third-order valence-electron chi connectivity index (χ3n) is 2.74. The van der Waals surface area contributed by atoms with E-state index in [9.17, 15) is 0 Å². The van der Waals surface area contributed by atoms with E-state index in [1.54, 1.807) is 12.4 Å². The van der Waals surface area contributed by atoms with Crippen molar-refractivity contribution in [3.05, 3.63) is 59.7 Å². The van der Waals surface area contributed by atoms with Crippen LogP contribution in [0.25, 0.3) is 0 Å². The quantitative estimate of drug-likeness (QED) is 0.625. The molecule has 0 aliphatic rings. The van der Waals surface area contributed by atoms with Crippen LogP contribution in [0.15, 0.2) is 42.7 Å². The fourth-order valence-corrected chi connectivity index (χ4v) is 1.92. The monoisotopic (exact) mass is 255 g/mol. The maximum atomic E-state index is 7.53. The van der Waals surface area contributed by atoms with Gasteiger partial charge in [0.2, 0.25) is 0 Å². The Bertz CT molecular complexity index is 553. The first kappa shape index (κ1) is 13.2. The molecule has 5 heteroatoms. The summed E-state index contributed by atoms with van der Waals surface area (Å²) in [6.07, 6.45) is 3.44. The minimum Gasteiger partial charge on any atom is -0.382 e. The lowest BCUT2D eigenvalue weighted by Gasteiger charge is -2.17. The van der Waals surface area contributed by atoms with E-state index in [0.717, 1.165) is 17.8 Å². The van der Waals surface area contributed by atoms with Gasteiger partial charge in [0.05, 0.1) is 5.69 Å². The average Bonchev–Trinajstić information content (AvgIpc) is 2.40. The van der Waals surface area contributed by atoms with E-state index in [1.165, 1.54) is 0 Å². The summed E-state index contributed by atoms with van der Waals surface area (Å²) in [6.45, 7) is 1.42. The Hall–Kier alpha value is -2.27. The number of amidine groups is 1. The third kappa shape index (κ3) is 3.59. The molecule has 0 spiro atoms. The van der Waals surface area contributed by atoms with Gasteiger partial charge in [-0.15, -0.1) is 0 Å². The molecule has 2 heterocycles. The smallest absolute Gasteiger partial charge is 0.142 e. The molecule has 0 fully saturated rings. The molecule has 0 unspecified atom stereocenters. The number of nitrogens with one attached hydrogen (secondary N) is 1. The van der Waals surface area contributed by atoms with E-state index in [1.807, 2.05) is 37.4 Å². The van der Waals surface area contributed by atoms with E-state index in [4.69, 9.17) is 11.1 Å². The Morgan fingerprint density at radius 2 is 1.95 bits per heavy atom. The highest BCUT2D eigenvalue weighted by Crippen LogP contribution is 2.09. The Balaban J connectivity index is 2.07. The fraction of sp³-hybridized carbons (Fsp3) is 0.214. The minimum absolute atomic E-state index is 0.00170. The van der Waals surface area contributed by atoms with Crippen LogP contribution in [0.1, 0.15) is 17.0 Å². The number of rotatable bonds is 5. The van der Waals surface area contributed by atoms with Gasteiger partial charge < -0.3 is 5.73 Å². The zero-order chi connectivity index (χ0) is 13.7.